The maximum Gasteiger partial charge on any atom is 0.273 e. The lowest BCUT2D eigenvalue weighted by molar-refractivity contribution is -0.121. The van der Waals surface area contributed by atoms with Gasteiger partial charge in [0.05, 0.1) is 17.3 Å². The summed E-state index contributed by atoms with van der Waals surface area (Å²) in [5.74, 6) is -0.621. The lowest BCUT2D eigenvalue weighted by Gasteiger charge is -2.08. The maximum absolute atomic E-state index is 13.5. The topological polar surface area (TPSA) is 84.0 Å². The summed E-state index contributed by atoms with van der Waals surface area (Å²) in [5.41, 5.74) is 0.460. The molecule has 0 aliphatic heterocycles. The molecule has 0 aliphatic carbocycles. The Hall–Kier alpha value is -3.22. The molecule has 0 spiro atoms. The van der Waals surface area contributed by atoms with E-state index in [-0.39, 0.29) is 42.4 Å². The average Bonchev–Trinajstić information content (AvgIpc) is 2.64. The van der Waals surface area contributed by atoms with Crippen molar-refractivity contribution in [2.45, 2.75) is 26.4 Å². The number of halogens is 1. The van der Waals surface area contributed by atoms with Crippen molar-refractivity contribution in [1.82, 2.24) is 15.1 Å². The Morgan fingerprint density at radius 3 is 2.62 bits per heavy atom. The van der Waals surface area contributed by atoms with Crippen LogP contribution in [-0.2, 0) is 17.9 Å². The molecule has 26 heavy (non-hydrogen) atoms. The molecule has 0 saturated carbocycles. The number of fused-ring (bicyclic) bond motifs is 1. The molecule has 1 heterocycles. The zero-order valence-corrected chi connectivity index (χ0v) is 14.2. The van der Waals surface area contributed by atoms with Crippen LogP contribution >= 0.6 is 0 Å². The zero-order chi connectivity index (χ0) is 18.7. The minimum absolute atomic E-state index is 0.0164. The number of rotatable bonds is 5. The van der Waals surface area contributed by atoms with Crippen molar-refractivity contribution in [3.05, 3.63) is 80.1 Å². The van der Waals surface area contributed by atoms with Crippen LogP contribution in [0.2, 0.25) is 0 Å². The third-order valence-electron chi connectivity index (χ3n) is 4.17. The second-order valence-corrected chi connectivity index (χ2v) is 6.05. The predicted octanol–water partition coefficient (Wildman–Crippen LogP) is 1.84. The molecule has 0 fully saturated rings. The van der Waals surface area contributed by atoms with Crippen molar-refractivity contribution in [3.8, 4) is 0 Å². The van der Waals surface area contributed by atoms with E-state index in [0.29, 0.717) is 21.9 Å². The van der Waals surface area contributed by atoms with Gasteiger partial charge >= 0.3 is 0 Å². The van der Waals surface area contributed by atoms with Gasteiger partial charge in [-0.15, -0.1) is 0 Å². The zero-order valence-electron chi connectivity index (χ0n) is 14.2. The lowest BCUT2D eigenvalue weighted by atomic mass is 10.1. The summed E-state index contributed by atoms with van der Waals surface area (Å²) in [6.45, 7) is 1.91. The van der Waals surface area contributed by atoms with Crippen LogP contribution in [0.25, 0.3) is 10.8 Å². The number of aromatic amines is 1. The van der Waals surface area contributed by atoms with Gasteiger partial charge in [-0.2, -0.15) is 0 Å². The highest BCUT2D eigenvalue weighted by atomic mass is 19.1. The smallest absolute Gasteiger partial charge is 0.273 e. The lowest BCUT2D eigenvalue weighted by Crippen LogP contribution is -2.32. The standard InChI is InChI=1S/C19H18FN3O3/c1-12-6-7-13(10-16(12)20)11-21-17(24)8-9-23-19(26)15-5-3-2-4-14(15)18(25)22-23/h2-7,10H,8-9,11H2,1H3,(H,21,24)(H,22,25). The van der Waals surface area contributed by atoms with Crippen molar-refractivity contribution in [2.75, 3.05) is 0 Å². The van der Waals surface area contributed by atoms with Crippen LogP contribution in [0.1, 0.15) is 17.5 Å². The summed E-state index contributed by atoms with van der Waals surface area (Å²) in [5, 5.41) is 5.79. The monoisotopic (exact) mass is 355 g/mol. The molecule has 1 aromatic heterocycles. The van der Waals surface area contributed by atoms with Gasteiger partial charge in [-0.05, 0) is 36.2 Å². The number of carbonyl (C=O) groups is 1. The van der Waals surface area contributed by atoms with Gasteiger partial charge in [0.15, 0.2) is 0 Å². The number of carbonyl (C=O) groups excluding carboxylic acids is 1. The van der Waals surface area contributed by atoms with Crippen molar-refractivity contribution in [2.24, 2.45) is 0 Å². The van der Waals surface area contributed by atoms with Gasteiger partial charge < -0.3 is 5.32 Å². The van der Waals surface area contributed by atoms with Crippen molar-refractivity contribution in [3.63, 3.8) is 0 Å². The van der Waals surface area contributed by atoms with Crippen LogP contribution in [0.3, 0.4) is 0 Å². The minimum atomic E-state index is -0.379. The average molecular weight is 355 g/mol. The van der Waals surface area contributed by atoms with Crippen molar-refractivity contribution in [1.29, 1.82) is 0 Å². The van der Waals surface area contributed by atoms with Crippen LogP contribution in [0.4, 0.5) is 4.39 Å². The largest absolute Gasteiger partial charge is 0.352 e. The molecule has 2 aromatic carbocycles. The molecule has 1 amide bonds. The third-order valence-corrected chi connectivity index (χ3v) is 4.17. The highest BCUT2D eigenvalue weighted by Gasteiger charge is 2.09. The maximum atomic E-state index is 13.5. The van der Waals surface area contributed by atoms with E-state index < -0.39 is 0 Å². The van der Waals surface area contributed by atoms with Gasteiger partial charge in [0, 0.05) is 13.0 Å². The molecule has 0 atom stereocenters. The molecular weight excluding hydrogens is 337 g/mol. The molecule has 0 aliphatic rings. The molecule has 134 valence electrons. The normalized spacial score (nSPS) is 10.8. The van der Waals surface area contributed by atoms with Gasteiger partial charge in [0.1, 0.15) is 5.82 Å². The van der Waals surface area contributed by atoms with E-state index in [1.165, 1.54) is 6.07 Å². The summed E-state index contributed by atoms with van der Waals surface area (Å²) in [6.07, 6.45) is 0.0164. The second-order valence-electron chi connectivity index (χ2n) is 6.05. The number of hydrogen-bond acceptors (Lipinski definition) is 3. The summed E-state index contributed by atoms with van der Waals surface area (Å²) in [4.78, 5) is 36.4. The van der Waals surface area contributed by atoms with E-state index in [1.54, 1.807) is 43.3 Å². The summed E-state index contributed by atoms with van der Waals surface area (Å²) in [6, 6.07) is 11.3. The van der Waals surface area contributed by atoms with E-state index in [4.69, 9.17) is 0 Å². The van der Waals surface area contributed by atoms with E-state index >= 15 is 0 Å². The molecule has 0 unspecified atom stereocenters. The quantitative estimate of drug-likeness (QED) is 0.732. The molecule has 3 rings (SSSR count). The Morgan fingerprint density at radius 2 is 1.88 bits per heavy atom. The number of aryl methyl sites for hydroxylation is 2. The van der Waals surface area contributed by atoms with Crippen LogP contribution in [0.15, 0.2) is 52.1 Å². The van der Waals surface area contributed by atoms with Gasteiger partial charge in [-0.1, -0.05) is 24.3 Å². The fraction of sp³-hybridized carbons (Fsp3) is 0.211. The van der Waals surface area contributed by atoms with Gasteiger partial charge in [-0.25, -0.2) is 9.07 Å². The van der Waals surface area contributed by atoms with Crippen molar-refractivity contribution >= 4 is 16.7 Å². The number of aromatic nitrogens is 2. The Labute approximate surface area is 148 Å². The van der Waals surface area contributed by atoms with Crippen molar-refractivity contribution < 1.29 is 9.18 Å². The SMILES string of the molecule is Cc1ccc(CNC(=O)CCn2[nH]c(=O)c3ccccc3c2=O)cc1F. The van der Waals surface area contributed by atoms with E-state index in [0.717, 1.165) is 4.68 Å². The summed E-state index contributed by atoms with van der Waals surface area (Å²) < 4.78 is 14.6. The van der Waals surface area contributed by atoms with Crippen LogP contribution in [0.5, 0.6) is 0 Å². The molecule has 6 nitrogen and oxygen atoms in total. The molecule has 2 N–H and O–H groups in total. The van der Waals surface area contributed by atoms with Gasteiger partial charge in [0.25, 0.3) is 11.1 Å². The molecule has 0 radical (unpaired) electrons. The van der Waals surface area contributed by atoms with Crippen LogP contribution in [-0.4, -0.2) is 15.7 Å². The van der Waals surface area contributed by atoms with E-state index in [2.05, 4.69) is 10.4 Å². The highest BCUT2D eigenvalue weighted by Crippen LogP contribution is 2.09. The summed E-state index contributed by atoms with van der Waals surface area (Å²) >= 11 is 0. The van der Waals surface area contributed by atoms with E-state index in [9.17, 15) is 18.8 Å². The molecular formula is C19H18FN3O3. The Bertz CT molecular complexity index is 1090. The first-order valence-corrected chi connectivity index (χ1v) is 8.19. The highest BCUT2D eigenvalue weighted by molar-refractivity contribution is 5.80. The first-order chi connectivity index (χ1) is 12.5. The Morgan fingerprint density at radius 1 is 1.15 bits per heavy atom. The fourth-order valence-corrected chi connectivity index (χ4v) is 2.65. The minimum Gasteiger partial charge on any atom is -0.352 e. The van der Waals surface area contributed by atoms with Crippen LogP contribution in [0, 0.1) is 12.7 Å². The third kappa shape index (κ3) is 3.72. The first kappa shape index (κ1) is 17.6. The first-order valence-electron chi connectivity index (χ1n) is 8.19. The molecule has 0 saturated heterocycles. The number of nitrogens with zero attached hydrogens (tertiary/aromatic N) is 1. The second kappa shape index (κ2) is 7.35. The van der Waals surface area contributed by atoms with E-state index in [1.807, 2.05) is 0 Å². The fourth-order valence-electron chi connectivity index (χ4n) is 2.65. The van der Waals surface area contributed by atoms with Gasteiger partial charge in [-0.3, -0.25) is 19.5 Å². The molecule has 3 aromatic rings. The number of H-pyrrole nitrogens is 1. The number of benzene rings is 2. The summed E-state index contributed by atoms with van der Waals surface area (Å²) in [7, 11) is 0. The number of hydrogen-bond donors (Lipinski definition) is 2. The Balaban J connectivity index is 1.65. The predicted molar refractivity (Wildman–Crippen MR) is 96.4 cm³/mol. The van der Waals surface area contributed by atoms with Gasteiger partial charge in [0.2, 0.25) is 5.91 Å². The van der Waals surface area contributed by atoms with Crippen LogP contribution < -0.4 is 16.4 Å². The Kier molecular flexibility index (Phi) is 4.97. The number of nitrogens with one attached hydrogen (secondary N) is 2. The molecule has 0 bridgehead atoms. The molecule has 7 heteroatoms. The number of amides is 1.